The summed E-state index contributed by atoms with van der Waals surface area (Å²) in [6.45, 7) is 5.58. The molecule has 0 heterocycles. The van der Waals surface area contributed by atoms with E-state index in [2.05, 4.69) is 32.1 Å². The standard InChI is InChI=1S/C34H34O4/c1-26(2)18-19-36-31-20-30(21-32(23-31)37-24-28-10-6-4-7-11-28)15-14-27-16-17-33(35-3)34(22-27)38-25-29-12-8-5-9-13-29/h4-18,20-23H,19,24-25H2,1-3H3/b15-14+. The van der Waals surface area contributed by atoms with Crippen LogP contribution in [0.5, 0.6) is 23.0 Å². The van der Waals surface area contributed by atoms with E-state index in [9.17, 15) is 0 Å². The number of hydrogen-bond acceptors (Lipinski definition) is 4. The predicted octanol–water partition coefficient (Wildman–Crippen LogP) is 8.37. The Labute approximate surface area is 225 Å². The third kappa shape index (κ3) is 8.31. The van der Waals surface area contributed by atoms with Crippen molar-refractivity contribution in [3.63, 3.8) is 0 Å². The lowest BCUT2D eigenvalue weighted by Gasteiger charge is -2.12. The molecule has 0 amide bonds. The van der Waals surface area contributed by atoms with Crippen molar-refractivity contribution in [2.45, 2.75) is 27.1 Å². The first-order valence-electron chi connectivity index (χ1n) is 12.7. The van der Waals surface area contributed by atoms with E-state index in [1.165, 1.54) is 5.57 Å². The van der Waals surface area contributed by atoms with Crippen LogP contribution in [0.15, 0.2) is 109 Å². The van der Waals surface area contributed by atoms with Gasteiger partial charge in [0.15, 0.2) is 11.5 Å². The molecule has 0 saturated heterocycles. The van der Waals surface area contributed by atoms with Crippen molar-refractivity contribution in [3.8, 4) is 23.0 Å². The average Bonchev–Trinajstić information content (AvgIpc) is 2.95. The lowest BCUT2D eigenvalue weighted by atomic mass is 10.1. The van der Waals surface area contributed by atoms with E-state index in [1.807, 2.05) is 97.1 Å². The molecule has 0 saturated carbocycles. The number of methoxy groups -OCH3 is 1. The van der Waals surface area contributed by atoms with E-state index in [4.69, 9.17) is 18.9 Å². The van der Waals surface area contributed by atoms with Crippen molar-refractivity contribution in [1.82, 2.24) is 0 Å². The quantitative estimate of drug-likeness (QED) is 0.143. The number of ether oxygens (including phenoxy) is 4. The molecule has 4 heteroatoms. The van der Waals surface area contributed by atoms with Gasteiger partial charge in [0.25, 0.3) is 0 Å². The fraction of sp³-hybridized carbons (Fsp3) is 0.176. The lowest BCUT2D eigenvalue weighted by Crippen LogP contribution is -1.98. The number of allylic oxidation sites excluding steroid dienone is 1. The van der Waals surface area contributed by atoms with Crippen LogP contribution in [0.2, 0.25) is 0 Å². The third-order valence-corrected chi connectivity index (χ3v) is 5.79. The van der Waals surface area contributed by atoms with E-state index in [0.29, 0.717) is 31.3 Å². The molecule has 0 fully saturated rings. The Morgan fingerprint density at radius 2 is 1.21 bits per heavy atom. The summed E-state index contributed by atoms with van der Waals surface area (Å²) >= 11 is 0. The largest absolute Gasteiger partial charge is 0.493 e. The smallest absolute Gasteiger partial charge is 0.162 e. The van der Waals surface area contributed by atoms with Gasteiger partial charge in [-0.25, -0.2) is 0 Å². The van der Waals surface area contributed by atoms with Crippen LogP contribution in [0.25, 0.3) is 12.2 Å². The van der Waals surface area contributed by atoms with Gasteiger partial charge in [-0.1, -0.05) is 84.5 Å². The van der Waals surface area contributed by atoms with Crippen LogP contribution in [0, 0.1) is 0 Å². The molecular weight excluding hydrogens is 472 g/mol. The summed E-state index contributed by atoms with van der Waals surface area (Å²) in [4.78, 5) is 0. The Balaban J connectivity index is 1.53. The summed E-state index contributed by atoms with van der Waals surface area (Å²) in [6, 6.07) is 32.1. The Bertz CT molecular complexity index is 1350. The molecule has 4 aromatic rings. The van der Waals surface area contributed by atoms with Crippen molar-refractivity contribution in [2.75, 3.05) is 13.7 Å². The monoisotopic (exact) mass is 506 g/mol. The summed E-state index contributed by atoms with van der Waals surface area (Å²) in [5, 5.41) is 0. The minimum Gasteiger partial charge on any atom is -0.493 e. The summed E-state index contributed by atoms with van der Waals surface area (Å²) in [5.41, 5.74) is 5.40. The SMILES string of the molecule is COc1ccc(/C=C/c2cc(OCC=C(C)C)cc(OCc3ccccc3)c2)cc1OCc1ccccc1. The van der Waals surface area contributed by atoms with Crippen LogP contribution in [0.3, 0.4) is 0 Å². The Hall–Kier alpha value is -4.44. The van der Waals surface area contributed by atoms with Crippen molar-refractivity contribution in [3.05, 3.63) is 131 Å². The Morgan fingerprint density at radius 3 is 1.84 bits per heavy atom. The first-order chi connectivity index (χ1) is 18.6. The van der Waals surface area contributed by atoms with Crippen LogP contribution in [0.1, 0.15) is 36.1 Å². The molecule has 4 nitrogen and oxygen atoms in total. The molecule has 194 valence electrons. The van der Waals surface area contributed by atoms with Gasteiger partial charge in [-0.3, -0.25) is 0 Å². The van der Waals surface area contributed by atoms with Crippen LogP contribution < -0.4 is 18.9 Å². The number of hydrogen-bond donors (Lipinski definition) is 0. The van der Waals surface area contributed by atoms with E-state index in [1.54, 1.807) is 7.11 Å². The lowest BCUT2D eigenvalue weighted by molar-refractivity contribution is 0.284. The van der Waals surface area contributed by atoms with Crippen molar-refractivity contribution in [1.29, 1.82) is 0 Å². The minimum atomic E-state index is 0.470. The van der Waals surface area contributed by atoms with Crippen molar-refractivity contribution >= 4 is 12.2 Å². The van der Waals surface area contributed by atoms with Gasteiger partial charge in [0, 0.05) is 6.07 Å². The molecule has 0 bridgehead atoms. The predicted molar refractivity (Wildman–Crippen MR) is 155 cm³/mol. The van der Waals surface area contributed by atoms with Gasteiger partial charge >= 0.3 is 0 Å². The summed E-state index contributed by atoms with van der Waals surface area (Å²) in [5.74, 6) is 2.91. The highest BCUT2D eigenvalue weighted by atomic mass is 16.5. The van der Waals surface area contributed by atoms with Gasteiger partial charge in [0.1, 0.15) is 31.3 Å². The number of benzene rings is 4. The minimum absolute atomic E-state index is 0.470. The summed E-state index contributed by atoms with van der Waals surface area (Å²) in [6.07, 6.45) is 6.15. The molecule has 0 aromatic heterocycles. The van der Waals surface area contributed by atoms with E-state index >= 15 is 0 Å². The van der Waals surface area contributed by atoms with Crippen molar-refractivity contribution in [2.24, 2.45) is 0 Å². The molecule has 0 aliphatic heterocycles. The highest BCUT2D eigenvalue weighted by molar-refractivity contribution is 5.72. The molecule has 0 atom stereocenters. The molecule has 4 rings (SSSR count). The van der Waals surface area contributed by atoms with Gasteiger partial charge < -0.3 is 18.9 Å². The van der Waals surface area contributed by atoms with Crippen LogP contribution in [-0.4, -0.2) is 13.7 Å². The summed E-state index contributed by atoms with van der Waals surface area (Å²) in [7, 11) is 1.65. The molecule has 0 N–H and O–H groups in total. The molecule has 0 aliphatic carbocycles. The van der Waals surface area contributed by atoms with Crippen molar-refractivity contribution < 1.29 is 18.9 Å². The van der Waals surface area contributed by atoms with Crippen LogP contribution in [0.4, 0.5) is 0 Å². The topological polar surface area (TPSA) is 36.9 Å². The molecule has 0 unspecified atom stereocenters. The average molecular weight is 507 g/mol. The zero-order chi connectivity index (χ0) is 26.6. The maximum absolute atomic E-state index is 6.11. The first kappa shape index (κ1) is 26.6. The normalized spacial score (nSPS) is 10.7. The van der Waals surface area contributed by atoms with E-state index < -0.39 is 0 Å². The highest BCUT2D eigenvalue weighted by Crippen LogP contribution is 2.30. The molecule has 4 aromatic carbocycles. The molecule has 0 spiro atoms. The second kappa shape index (κ2) is 13.8. The number of rotatable bonds is 12. The van der Waals surface area contributed by atoms with Gasteiger partial charge in [0.05, 0.1) is 7.11 Å². The van der Waals surface area contributed by atoms with Gasteiger partial charge in [-0.05, 0) is 66.4 Å². The fourth-order valence-electron chi connectivity index (χ4n) is 3.74. The summed E-state index contributed by atoms with van der Waals surface area (Å²) < 4.78 is 23.7. The third-order valence-electron chi connectivity index (χ3n) is 5.79. The molecule has 38 heavy (non-hydrogen) atoms. The maximum Gasteiger partial charge on any atom is 0.162 e. The van der Waals surface area contributed by atoms with Crippen LogP contribution >= 0.6 is 0 Å². The second-order valence-corrected chi connectivity index (χ2v) is 9.12. The Morgan fingerprint density at radius 1 is 0.605 bits per heavy atom. The fourth-order valence-corrected chi connectivity index (χ4v) is 3.74. The zero-order valence-electron chi connectivity index (χ0n) is 22.2. The van der Waals surface area contributed by atoms with E-state index in [0.717, 1.165) is 33.8 Å². The van der Waals surface area contributed by atoms with Gasteiger partial charge in [-0.15, -0.1) is 0 Å². The first-order valence-corrected chi connectivity index (χ1v) is 12.7. The molecular formula is C34H34O4. The Kier molecular flexibility index (Phi) is 9.63. The van der Waals surface area contributed by atoms with Gasteiger partial charge in [-0.2, -0.15) is 0 Å². The highest BCUT2D eigenvalue weighted by Gasteiger charge is 2.07. The maximum atomic E-state index is 6.11. The second-order valence-electron chi connectivity index (χ2n) is 9.12. The van der Waals surface area contributed by atoms with Gasteiger partial charge in [0.2, 0.25) is 0 Å². The van der Waals surface area contributed by atoms with Crippen LogP contribution in [-0.2, 0) is 13.2 Å². The molecule has 0 aliphatic rings. The van der Waals surface area contributed by atoms with E-state index in [-0.39, 0.29) is 0 Å². The molecule has 0 radical (unpaired) electrons. The zero-order valence-corrected chi connectivity index (χ0v) is 22.2.